The lowest BCUT2D eigenvalue weighted by atomic mass is 10.2. The maximum Gasteiger partial charge on any atom is 0.184 e. The second-order valence-corrected chi connectivity index (χ2v) is 3.21. The van der Waals surface area contributed by atoms with E-state index in [0.29, 0.717) is 11.7 Å². The van der Waals surface area contributed by atoms with Gasteiger partial charge in [-0.25, -0.2) is 4.98 Å². The van der Waals surface area contributed by atoms with E-state index in [1.807, 2.05) is 6.07 Å². The molecule has 0 atom stereocenters. The van der Waals surface area contributed by atoms with Gasteiger partial charge < -0.3 is 4.42 Å². The van der Waals surface area contributed by atoms with Gasteiger partial charge in [0.1, 0.15) is 12.1 Å². The van der Waals surface area contributed by atoms with Gasteiger partial charge in [0, 0.05) is 5.92 Å². The number of nitrogens with one attached hydrogen (secondary N) is 1. The highest BCUT2D eigenvalue weighted by molar-refractivity contribution is 5.51. The summed E-state index contributed by atoms with van der Waals surface area (Å²) in [5.41, 5.74) is 0.906. The number of nitrogens with zero attached hydrogens (tertiary/aromatic N) is 2. The van der Waals surface area contributed by atoms with Gasteiger partial charge in [-0.15, -0.1) is 0 Å². The molecule has 2 heterocycles. The third kappa shape index (κ3) is 1.47. The van der Waals surface area contributed by atoms with Crippen LogP contribution in [0.4, 0.5) is 0 Å². The molecular formula is C9H11N3O. The lowest BCUT2D eigenvalue weighted by Gasteiger charge is -1.94. The summed E-state index contributed by atoms with van der Waals surface area (Å²) in [4.78, 5) is 4.33. The van der Waals surface area contributed by atoms with E-state index in [0.717, 1.165) is 11.4 Å². The Morgan fingerprint density at radius 3 is 2.85 bits per heavy atom. The van der Waals surface area contributed by atoms with Crippen LogP contribution in [0.15, 0.2) is 23.0 Å². The summed E-state index contributed by atoms with van der Waals surface area (Å²) in [5.74, 6) is 1.96. The summed E-state index contributed by atoms with van der Waals surface area (Å²) in [6, 6.07) is 1.84. The Morgan fingerprint density at radius 2 is 2.31 bits per heavy atom. The van der Waals surface area contributed by atoms with Crippen LogP contribution in [-0.4, -0.2) is 15.2 Å². The van der Waals surface area contributed by atoms with Gasteiger partial charge in [0.15, 0.2) is 5.82 Å². The number of H-pyrrole nitrogens is 1. The van der Waals surface area contributed by atoms with Gasteiger partial charge >= 0.3 is 0 Å². The molecule has 0 amide bonds. The molecule has 0 unspecified atom stereocenters. The Hall–Kier alpha value is -1.58. The molecule has 13 heavy (non-hydrogen) atoms. The minimum atomic E-state index is 0.369. The van der Waals surface area contributed by atoms with Crippen molar-refractivity contribution in [2.45, 2.75) is 19.8 Å². The van der Waals surface area contributed by atoms with E-state index < -0.39 is 0 Å². The number of hydrogen-bond acceptors (Lipinski definition) is 3. The molecule has 4 heteroatoms. The first kappa shape index (κ1) is 8.04. The summed E-state index contributed by atoms with van der Waals surface area (Å²) in [5, 5.41) is 6.97. The zero-order valence-electron chi connectivity index (χ0n) is 7.61. The Bertz CT molecular complexity index is 375. The van der Waals surface area contributed by atoms with Crippen LogP contribution in [0.25, 0.3) is 11.4 Å². The molecule has 1 N–H and O–H groups in total. The van der Waals surface area contributed by atoms with Gasteiger partial charge in [0.2, 0.25) is 0 Å². The first-order valence-corrected chi connectivity index (χ1v) is 4.22. The third-order valence-corrected chi connectivity index (χ3v) is 1.83. The minimum Gasteiger partial charge on any atom is -0.472 e. The van der Waals surface area contributed by atoms with E-state index in [1.165, 1.54) is 0 Å². The molecule has 2 rings (SSSR count). The van der Waals surface area contributed by atoms with E-state index in [2.05, 4.69) is 29.0 Å². The second-order valence-electron chi connectivity index (χ2n) is 3.21. The Morgan fingerprint density at radius 1 is 1.46 bits per heavy atom. The Kier molecular flexibility index (Phi) is 1.88. The molecular weight excluding hydrogens is 166 g/mol. The standard InChI is InChI=1S/C9H11N3O/c1-6(2)8-10-9(12-11-8)7-3-4-13-5-7/h3-6H,1-2H3,(H,10,11,12). The van der Waals surface area contributed by atoms with E-state index in [9.17, 15) is 0 Å². The van der Waals surface area contributed by atoms with Crippen molar-refractivity contribution in [2.75, 3.05) is 0 Å². The van der Waals surface area contributed by atoms with Crippen LogP contribution in [0, 0.1) is 0 Å². The Labute approximate surface area is 76.0 Å². The SMILES string of the molecule is CC(C)c1nc(-c2ccoc2)n[nH]1. The van der Waals surface area contributed by atoms with Crippen LogP contribution < -0.4 is 0 Å². The monoisotopic (exact) mass is 177 g/mol. The normalized spacial score (nSPS) is 11.0. The minimum absolute atomic E-state index is 0.369. The molecule has 0 fully saturated rings. The maximum atomic E-state index is 4.94. The lowest BCUT2D eigenvalue weighted by Crippen LogP contribution is -1.89. The summed E-state index contributed by atoms with van der Waals surface area (Å²) >= 11 is 0. The predicted molar refractivity (Wildman–Crippen MR) is 48.2 cm³/mol. The molecule has 0 saturated carbocycles. The highest BCUT2D eigenvalue weighted by atomic mass is 16.3. The van der Waals surface area contributed by atoms with Crippen molar-refractivity contribution in [3.63, 3.8) is 0 Å². The average Bonchev–Trinajstić information content (AvgIpc) is 2.75. The number of hydrogen-bond donors (Lipinski definition) is 1. The zero-order chi connectivity index (χ0) is 9.26. The molecule has 2 aromatic heterocycles. The molecule has 0 radical (unpaired) electrons. The molecule has 0 aliphatic rings. The molecule has 0 aliphatic heterocycles. The van der Waals surface area contributed by atoms with Gasteiger partial charge in [0.05, 0.1) is 11.8 Å². The molecule has 4 nitrogen and oxygen atoms in total. The zero-order valence-corrected chi connectivity index (χ0v) is 7.61. The van der Waals surface area contributed by atoms with Gasteiger partial charge in [-0.05, 0) is 6.07 Å². The van der Waals surface area contributed by atoms with Crippen molar-refractivity contribution in [1.29, 1.82) is 0 Å². The van der Waals surface area contributed by atoms with Crippen molar-refractivity contribution >= 4 is 0 Å². The van der Waals surface area contributed by atoms with Crippen molar-refractivity contribution in [2.24, 2.45) is 0 Å². The van der Waals surface area contributed by atoms with Gasteiger partial charge in [-0.1, -0.05) is 13.8 Å². The molecule has 0 spiro atoms. The number of furan rings is 1. The Balaban J connectivity index is 2.33. The summed E-state index contributed by atoms with van der Waals surface area (Å²) in [6.07, 6.45) is 3.24. The largest absolute Gasteiger partial charge is 0.472 e. The molecule has 68 valence electrons. The molecule has 0 bridgehead atoms. The van der Waals surface area contributed by atoms with Crippen molar-refractivity contribution < 1.29 is 4.42 Å². The maximum absolute atomic E-state index is 4.94. The summed E-state index contributed by atoms with van der Waals surface area (Å²) < 4.78 is 4.94. The van der Waals surface area contributed by atoms with E-state index >= 15 is 0 Å². The average molecular weight is 177 g/mol. The second kappa shape index (κ2) is 3.05. The number of aromatic amines is 1. The molecule has 0 saturated heterocycles. The number of aromatic nitrogens is 3. The van der Waals surface area contributed by atoms with Gasteiger partial charge in [-0.2, -0.15) is 5.10 Å². The van der Waals surface area contributed by atoms with Crippen molar-refractivity contribution in [1.82, 2.24) is 15.2 Å². The van der Waals surface area contributed by atoms with Crippen LogP contribution in [-0.2, 0) is 0 Å². The third-order valence-electron chi connectivity index (χ3n) is 1.83. The van der Waals surface area contributed by atoms with Crippen LogP contribution in [0.1, 0.15) is 25.6 Å². The molecule has 0 aliphatic carbocycles. The molecule has 0 aromatic carbocycles. The van der Waals surface area contributed by atoms with Crippen LogP contribution >= 0.6 is 0 Å². The predicted octanol–water partition coefficient (Wildman–Crippen LogP) is 2.19. The fourth-order valence-corrected chi connectivity index (χ4v) is 1.05. The van der Waals surface area contributed by atoms with Crippen LogP contribution in [0.5, 0.6) is 0 Å². The van der Waals surface area contributed by atoms with E-state index in [4.69, 9.17) is 4.42 Å². The van der Waals surface area contributed by atoms with E-state index in [1.54, 1.807) is 12.5 Å². The number of rotatable bonds is 2. The van der Waals surface area contributed by atoms with Crippen LogP contribution in [0.3, 0.4) is 0 Å². The summed E-state index contributed by atoms with van der Waals surface area (Å²) in [6.45, 7) is 4.14. The molecule has 2 aromatic rings. The highest BCUT2D eigenvalue weighted by Crippen LogP contribution is 2.17. The van der Waals surface area contributed by atoms with Gasteiger partial charge in [-0.3, -0.25) is 5.10 Å². The fourth-order valence-electron chi connectivity index (χ4n) is 1.05. The van der Waals surface area contributed by atoms with Crippen molar-refractivity contribution in [3.05, 3.63) is 24.4 Å². The van der Waals surface area contributed by atoms with E-state index in [-0.39, 0.29) is 0 Å². The summed E-state index contributed by atoms with van der Waals surface area (Å²) in [7, 11) is 0. The van der Waals surface area contributed by atoms with Gasteiger partial charge in [0.25, 0.3) is 0 Å². The lowest BCUT2D eigenvalue weighted by molar-refractivity contribution is 0.568. The highest BCUT2D eigenvalue weighted by Gasteiger charge is 2.08. The first-order chi connectivity index (χ1) is 6.27. The topological polar surface area (TPSA) is 54.7 Å². The fraction of sp³-hybridized carbons (Fsp3) is 0.333. The quantitative estimate of drug-likeness (QED) is 0.764. The van der Waals surface area contributed by atoms with Crippen molar-refractivity contribution in [3.8, 4) is 11.4 Å². The smallest absolute Gasteiger partial charge is 0.184 e. The van der Waals surface area contributed by atoms with Crippen LogP contribution in [0.2, 0.25) is 0 Å². The first-order valence-electron chi connectivity index (χ1n) is 4.22.